The van der Waals surface area contributed by atoms with Crippen LogP contribution >= 0.6 is 0 Å². The van der Waals surface area contributed by atoms with Crippen molar-refractivity contribution >= 4 is 0 Å². The smallest absolute Gasteiger partial charge is 0.183 e. The van der Waals surface area contributed by atoms with Crippen LogP contribution in [0.4, 0.5) is 0 Å². The van der Waals surface area contributed by atoms with Crippen molar-refractivity contribution < 1.29 is 14.2 Å². The molecule has 1 aromatic rings. The average Bonchev–Trinajstić information content (AvgIpc) is 2.47. The summed E-state index contributed by atoms with van der Waals surface area (Å²) in [7, 11) is 0. The fourth-order valence-electron chi connectivity index (χ4n) is 1.98. The zero-order chi connectivity index (χ0) is 14.6. The van der Waals surface area contributed by atoms with Gasteiger partial charge in [0, 0.05) is 18.8 Å². The van der Waals surface area contributed by atoms with E-state index in [0.29, 0.717) is 13.2 Å². The summed E-state index contributed by atoms with van der Waals surface area (Å²) in [5, 5.41) is 0. The van der Waals surface area contributed by atoms with Gasteiger partial charge in [0.1, 0.15) is 5.75 Å². The van der Waals surface area contributed by atoms with Crippen molar-refractivity contribution in [2.24, 2.45) is 0 Å². The minimum atomic E-state index is -0.274. The van der Waals surface area contributed by atoms with Crippen LogP contribution in [-0.4, -0.2) is 19.8 Å². The summed E-state index contributed by atoms with van der Waals surface area (Å²) in [6.07, 6.45) is 4.63. The van der Waals surface area contributed by atoms with Crippen molar-refractivity contribution in [3.05, 3.63) is 29.8 Å². The van der Waals surface area contributed by atoms with Gasteiger partial charge in [0.05, 0.1) is 6.61 Å². The Kier molecular flexibility index (Phi) is 9.09. The summed E-state index contributed by atoms with van der Waals surface area (Å²) in [4.78, 5) is 0. The Balaban J connectivity index is 2.41. The van der Waals surface area contributed by atoms with Crippen LogP contribution in [0.1, 0.15) is 58.3 Å². The highest BCUT2D eigenvalue weighted by molar-refractivity contribution is 5.28. The van der Waals surface area contributed by atoms with Crippen molar-refractivity contribution in [1.29, 1.82) is 0 Å². The van der Waals surface area contributed by atoms with Crippen molar-refractivity contribution in [2.45, 2.75) is 52.7 Å². The van der Waals surface area contributed by atoms with Crippen LogP contribution in [0.25, 0.3) is 0 Å². The first-order valence-electron chi connectivity index (χ1n) is 7.77. The van der Waals surface area contributed by atoms with Crippen molar-refractivity contribution in [1.82, 2.24) is 0 Å². The van der Waals surface area contributed by atoms with E-state index in [9.17, 15) is 0 Å². The van der Waals surface area contributed by atoms with E-state index in [4.69, 9.17) is 14.2 Å². The molecular formula is C17H28O3. The molecule has 0 atom stereocenters. The Hall–Kier alpha value is -1.06. The van der Waals surface area contributed by atoms with Gasteiger partial charge in [0.2, 0.25) is 0 Å². The SMILES string of the molecule is CCCCCCOc1ccc(C(OCC)OCC)cc1. The van der Waals surface area contributed by atoms with Gasteiger partial charge in [-0.3, -0.25) is 0 Å². The molecule has 0 aromatic heterocycles. The van der Waals surface area contributed by atoms with E-state index in [-0.39, 0.29) is 6.29 Å². The molecule has 0 aliphatic carbocycles. The van der Waals surface area contributed by atoms with Crippen molar-refractivity contribution in [3.63, 3.8) is 0 Å². The van der Waals surface area contributed by atoms with Gasteiger partial charge in [-0.15, -0.1) is 0 Å². The molecule has 114 valence electrons. The van der Waals surface area contributed by atoms with Gasteiger partial charge in [-0.05, 0) is 32.4 Å². The molecule has 1 rings (SSSR count). The second-order valence-electron chi connectivity index (χ2n) is 4.72. The molecule has 0 heterocycles. The third kappa shape index (κ3) is 6.40. The second kappa shape index (κ2) is 10.7. The molecule has 3 heteroatoms. The largest absolute Gasteiger partial charge is 0.494 e. The maximum absolute atomic E-state index is 5.73. The predicted molar refractivity (Wildman–Crippen MR) is 82.1 cm³/mol. The van der Waals surface area contributed by atoms with Crippen molar-refractivity contribution in [2.75, 3.05) is 19.8 Å². The molecule has 0 aliphatic heterocycles. The van der Waals surface area contributed by atoms with Gasteiger partial charge < -0.3 is 14.2 Å². The van der Waals surface area contributed by atoms with Gasteiger partial charge >= 0.3 is 0 Å². The summed E-state index contributed by atoms with van der Waals surface area (Å²) in [5.41, 5.74) is 1.03. The second-order valence-corrected chi connectivity index (χ2v) is 4.72. The number of benzene rings is 1. The lowest BCUT2D eigenvalue weighted by Gasteiger charge is -2.17. The molecule has 0 aliphatic rings. The lowest BCUT2D eigenvalue weighted by molar-refractivity contribution is -0.140. The first kappa shape index (κ1) is 17.0. The van der Waals surface area contributed by atoms with E-state index < -0.39 is 0 Å². The van der Waals surface area contributed by atoms with Crippen molar-refractivity contribution in [3.8, 4) is 5.75 Å². The minimum Gasteiger partial charge on any atom is -0.494 e. The summed E-state index contributed by atoms with van der Waals surface area (Å²) in [6, 6.07) is 8.00. The van der Waals surface area contributed by atoms with Crippen LogP contribution in [0.5, 0.6) is 5.75 Å². The number of hydrogen-bond donors (Lipinski definition) is 0. The number of unbranched alkanes of at least 4 members (excludes halogenated alkanes) is 3. The molecule has 0 amide bonds. The van der Waals surface area contributed by atoms with E-state index in [1.165, 1.54) is 19.3 Å². The number of hydrogen-bond acceptors (Lipinski definition) is 3. The molecule has 0 saturated carbocycles. The summed E-state index contributed by atoms with van der Waals surface area (Å²) >= 11 is 0. The van der Waals surface area contributed by atoms with Gasteiger partial charge in [0.15, 0.2) is 6.29 Å². The normalized spacial score (nSPS) is 11.0. The first-order valence-corrected chi connectivity index (χ1v) is 7.77. The van der Waals surface area contributed by atoms with Crippen LogP contribution in [0.3, 0.4) is 0 Å². The maximum Gasteiger partial charge on any atom is 0.183 e. The molecule has 1 aromatic carbocycles. The van der Waals surface area contributed by atoms with Crippen LogP contribution in [0, 0.1) is 0 Å². The summed E-state index contributed by atoms with van der Waals surface area (Å²) in [6.45, 7) is 8.23. The molecule has 0 spiro atoms. The van der Waals surface area contributed by atoms with Gasteiger partial charge in [-0.1, -0.05) is 38.3 Å². The van der Waals surface area contributed by atoms with Crippen LogP contribution in [0.2, 0.25) is 0 Å². The highest BCUT2D eigenvalue weighted by atomic mass is 16.7. The summed E-state index contributed by atoms with van der Waals surface area (Å²) < 4.78 is 16.9. The van der Waals surface area contributed by atoms with Crippen LogP contribution in [-0.2, 0) is 9.47 Å². The lowest BCUT2D eigenvalue weighted by Crippen LogP contribution is -2.08. The zero-order valence-corrected chi connectivity index (χ0v) is 13.1. The molecule has 0 radical (unpaired) electrons. The molecular weight excluding hydrogens is 252 g/mol. The van der Waals surface area contributed by atoms with Crippen LogP contribution < -0.4 is 4.74 Å². The Bertz CT molecular complexity index is 329. The predicted octanol–water partition coefficient (Wildman–Crippen LogP) is 4.72. The molecule has 3 nitrogen and oxygen atoms in total. The molecule has 0 N–H and O–H groups in total. The molecule has 0 unspecified atom stereocenters. The zero-order valence-electron chi connectivity index (χ0n) is 13.1. The average molecular weight is 280 g/mol. The van der Waals surface area contributed by atoms with E-state index in [1.54, 1.807) is 0 Å². The van der Waals surface area contributed by atoms with E-state index in [2.05, 4.69) is 6.92 Å². The fourth-order valence-corrected chi connectivity index (χ4v) is 1.98. The third-order valence-electron chi connectivity index (χ3n) is 3.05. The Morgan fingerprint density at radius 1 is 0.850 bits per heavy atom. The summed E-state index contributed by atoms with van der Waals surface area (Å²) in [5.74, 6) is 0.914. The Morgan fingerprint density at radius 2 is 1.50 bits per heavy atom. The molecule has 0 bridgehead atoms. The van der Waals surface area contributed by atoms with E-state index in [1.807, 2.05) is 38.1 Å². The molecule has 0 fully saturated rings. The van der Waals surface area contributed by atoms with Gasteiger partial charge in [-0.2, -0.15) is 0 Å². The quantitative estimate of drug-likeness (QED) is 0.434. The van der Waals surface area contributed by atoms with E-state index in [0.717, 1.165) is 24.3 Å². The van der Waals surface area contributed by atoms with Gasteiger partial charge in [-0.25, -0.2) is 0 Å². The fraction of sp³-hybridized carbons (Fsp3) is 0.647. The Morgan fingerprint density at radius 3 is 2.05 bits per heavy atom. The molecule has 0 saturated heterocycles. The number of ether oxygens (including phenoxy) is 3. The van der Waals surface area contributed by atoms with Gasteiger partial charge in [0.25, 0.3) is 0 Å². The maximum atomic E-state index is 5.73. The third-order valence-corrected chi connectivity index (χ3v) is 3.05. The topological polar surface area (TPSA) is 27.7 Å². The highest BCUT2D eigenvalue weighted by Gasteiger charge is 2.10. The van der Waals surface area contributed by atoms with Crippen LogP contribution in [0.15, 0.2) is 24.3 Å². The van der Waals surface area contributed by atoms with E-state index >= 15 is 0 Å². The number of rotatable bonds is 11. The lowest BCUT2D eigenvalue weighted by atomic mass is 10.2. The Labute approximate surface area is 123 Å². The standard InChI is InChI=1S/C17H28O3/c1-4-7-8-9-14-20-16-12-10-15(11-13-16)17(18-5-2)19-6-3/h10-13,17H,4-9,14H2,1-3H3. The monoisotopic (exact) mass is 280 g/mol. The first-order chi connectivity index (χ1) is 9.81. The minimum absolute atomic E-state index is 0.274. The highest BCUT2D eigenvalue weighted by Crippen LogP contribution is 2.22. The molecule has 20 heavy (non-hydrogen) atoms.